The number of carbonyl (C=O) groups excluding carboxylic acids is 3. The summed E-state index contributed by atoms with van der Waals surface area (Å²) in [6.07, 6.45) is 8.50. The third-order valence-corrected chi connectivity index (χ3v) is 10.1. The smallest absolute Gasteiger partial charge is 0.310 e. The molecule has 0 aromatic carbocycles. The van der Waals surface area contributed by atoms with Crippen LogP contribution in [0.15, 0.2) is 25.3 Å². The Kier molecular flexibility index (Phi) is 9.83. The molecule has 3 aliphatic rings. The Morgan fingerprint density at radius 2 is 1.89 bits per heavy atom. The molecule has 0 radical (unpaired) electrons. The Morgan fingerprint density at radius 3 is 2.50 bits per heavy atom. The van der Waals surface area contributed by atoms with E-state index in [-0.39, 0.29) is 35.1 Å². The van der Waals surface area contributed by atoms with Gasteiger partial charge in [-0.3, -0.25) is 14.4 Å². The summed E-state index contributed by atoms with van der Waals surface area (Å²) in [4.78, 5) is 45.6. The third kappa shape index (κ3) is 6.01. The van der Waals surface area contributed by atoms with Gasteiger partial charge in [0.25, 0.3) is 0 Å². The number of fused-ring (bicyclic) bond motifs is 1. The van der Waals surface area contributed by atoms with Gasteiger partial charge in [0.2, 0.25) is 11.8 Å². The highest BCUT2D eigenvalue weighted by atomic mass is 32.2. The molecule has 3 fully saturated rings. The van der Waals surface area contributed by atoms with Crippen molar-refractivity contribution in [3.63, 3.8) is 0 Å². The number of allylic oxidation sites excluding steroid dienone is 1. The highest BCUT2D eigenvalue weighted by Crippen LogP contribution is 2.66. The number of carbonyl (C=O) groups is 3. The maximum Gasteiger partial charge on any atom is 0.310 e. The number of hydrogen-bond donors (Lipinski definition) is 1. The van der Waals surface area contributed by atoms with E-state index >= 15 is 0 Å². The van der Waals surface area contributed by atoms with E-state index in [1.54, 1.807) is 28.8 Å². The van der Waals surface area contributed by atoms with Crippen LogP contribution in [0.5, 0.6) is 0 Å². The number of rotatable bonds is 14. The Morgan fingerprint density at radius 1 is 1.18 bits per heavy atom. The van der Waals surface area contributed by atoms with Crippen LogP contribution in [0.4, 0.5) is 0 Å². The lowest BCUT2D eigenvalue weighted by molar-refractivity contribution is -0.154. The molecule has 2 amide bonds. The summed E-state index contributed by atoms with van der Waals surface area (Å²) in [7, 11) is 0. The fourth-order valence-electron chi connectivity index (χ4n) is 7.14. The first-order valence-electron chi connectivity index (χ1n) is 14.1. The fourth-order valence-corrected chi connectivity index (χ4v) is 9.34. The van der Waals surface area contributed by atoms with E-state index in [0.29, 0.717) is 39.0 Å². The van der Waals surface area contributed by atoms with E-state index in [1.165, 1.54) is 0 Å². The molecule has 0 aliphatic carbocycles. The molecule has 7 nitrogen and oxygen atoms in total. The van der Waals surface area contributed by atoms with E-state index in [4.69, 9.17) is 4.74 Å². The molecule has 1 N–H and O–H groups in total. The van der Waals surface area contributed by atoms with E-state index in [2.05, 4.69) is 47.8 Å². The van der Waals surface area contributed by atoms with Crippen LogP contribution in [0.1, 0.15) is 79.6 Å². The van der Waals surface area contributed by atoms with Crippen molar-refractivity contribution < 1.29 is 24.2 Å². The summed E-state index contributed by atoms with van der Waals surface area (Å²) < 4.78 is 5.01. The molecule has 2 bridgehead atoms. The average Bonchev–Trinajstić information content (AvgIpc) is 3.46. The normalized spacial score (nSPS) is 28.4. The first-order valence-corrected chi connectivity index (χ1v) is 15.0. The first-order chi connectivity index (χ1) is 17.8. The van der Waals surface area contributed by atoms with Gasteiger partial charge in [-0.15, -0.1) is 24.9 Å². The predicted molar refractivity (Wildman–Crippen MR) is 153 cm³/mol. The molecule has 214 valence electrons. The minimum atomic E-state index is -0.647. The van der Waals surface area contributed by atoms with E-state index in [0.717, 1.165) is 25.7 Å². The van der Waals surface area contributed by atoms with Crippen molar-refractivity contribution in [1.29, 1.82) is 0 Å². The zero-order valence-corrected chi connectivity index (χ0v) is 24.9. The minimum Gasteiger partial charge on any atom is -0.465 e. The highest BCUT2D eigenvalue weighted by molar-refractivity contribution is 8.02. The van der Waals surface area contributed by atoms with E-state index < -0.39 is 28.2 Å². The molecule has 3 saturated heterocycles. The molecule has 0 saturated carbocycles. The van der Waals surface area contributed by atoms with Crippen LogP contribution >= 0.6 is 11.8 Å². The molecule has 3 heterocycles. The van der Waals surface area contributed by atoms with Gasteiger partial charge >= 0.3 is 5.97 Å². The van der Waals surface area contributed by atoms with Crippen molar-refractivity contribution in [3.8, 4) is 0 Å². The monoisotopic (exact) mass is 548 g/mol. The summed E-state index contributed by atoms with van der Waals surface area (Å²) in [5, 5.41) is 9.38. The fraction of sp³-hybridized carbons (Fsp3) is 0.767. The van der Waals surface area contributed by atoms with Gasteiger partial charge in [-0.1, -0.05) is 32.9 Å². The molecular weight excluding hydrogens is 500 g/mol. The van der Waals surface area contributed by atoms with Crippen LogP contribution in [-0.4, -0.2) is 80.6 Å². The number of hydrogen-bond acceptors (Lipinski definition) is 6. The quantitative estimate of drug-likeness (QED) is 0.194. The second-order valence-electron chi connectivity index (χ2n) is 12.9. The molecule has 2 unspecified atom stereocenters. The number of ether oxygens (including phenoxy) is 1. The standard InChI is InChI=1S/C30H48N2O5S/c1-8-10-13-19-37-27(36)22-21-14-15-30(38-21)23(22)25(34)31(17-11-12-18-33)24(30)26(35)32(16-9-2)29(6,7)20-28(3,4)5/h8-9,21-24,33H,1-2,10-20H2,3-7H3/t21-,22+,23-,24?,30?/m0/s1. The topological polar surface area (TPSA) is 87.2 Å². The number of unbranched alkanes of at least 4 members (excludes halogenated alkanes) is 2. The molecule has 38 heavy (non-hydrogen) atoms. The van der Waals surface area contributed by atoms with Crippen molar-refractivity contribution in [2.45, 2.75) is 101 Å². The summed E-state index contributed by atoms with van der Waals surface area (Å²) in [5.41, 5.74) is -0.458. The average molecular weight is 549 g/mol. The van der Waals surface area contributed by atoms with Gasteiger partial charge in [0.1, 0.15) is 6.04 Å². The first kappa shape index (κ1) is 30.7. The number of likely N-dealkylation sites (tertiary alicyclic amines) is 1. The minimum absolute atomic E-state index is 0.00263. The van der Waals surface area contributed by atoms with Gasteiger partial charge in [-0.25, -0.2) is 0 Å². The maximum atomic E-state index is 14.6. The Bertz CT molecular complexity index is 913. The van der Waals surface area contributed by atoms with Gasteiger partial charge < -0.3 is 19.6 Å². The lowest BCUT2D eigenvalue weighted by Gasteiger charge is -2.46. The number of nitrogens with zero attached hydrogens (tertiary/aromatic N) is 2. The van der Waals surface area contributed by atoms with Crippen LogP contribution in [0.3, 0.4) is 0 Å². The zero-order valence-electron chi connectivity index (χ0n) is 24.0. The van der Waals surface area contributed by atoms with Crippen molar-refractivity contribution in [1.82, 2.24) is 9.80 Å². The predicted octanol–water partition coefficient (Wildman–Crippen LogP) is 4.59. The zero-order chi connectivity index (χ0) is 28.3. The summed E-state index contributed by atoms with van der Waals surface area (Å²) in [6.45, 7) is 19.4. The molecule has 0 aromatic heterocycles. The molecule has 0 aromatic rings. The number of aliphatic hydroxyl groups excluding tert-OH is 1. The second kappa shape index (κ2) is 12.2. The number of thioether (sulfide) groups is 1. The largest absolute Gasteiger partial charge is 0.465 e. The summed E-state index contributed by atoms with van der Waals surface area (Å²) in [6, 6.07) is -0.647. The van der Waals surface area contributed by atoms with Gasteiger partial charge in [0, 0.05) is 30.5 Å². The summed E-state index contributed by atoms with van der Waals surface area (Å²) in [5.74, 6) is -1.58. The Balaban J connectivity index is 1.98. The molecule has 1 spiro atoms. The van der Waals surface area contributed by atoms with Crippen LogP contribution in [0, 0.1) is 17.3 Å². The van der Waals surface area contributed by atoms with Crippen LogP contribution in [0.2, 0.25) is 0 Å². The summed E-state index contributed by atoms with van der Waals surface area (Å²) >= 11 is 1.67. The van der Waals surface area contributed by atoms with Gasteiger partial charge in [-0.05, 0) is 64.2 Å². The lowest BCUT2D eigenvalue weighted by atomic mass is 9.71. The highest BCUT2D eigenvalue weighted by Gasteiger charge is 2.74. The van der Waals surface area contributed by atoms with Gasteiger partial charge in [-0.2, -0.15) is 0 Å². The Hall–Kier alpha value is -1.80. The van der Waals surface area contributed by atoms with Crippen molar-refractivity contribution in [2.75, 3.05) is 26.3 Å². The molecule has 3 rings (SSSR count). The van der Waals surface area contributed by atoms with Crippen molar-refractivity contribution in [3.05, 3.63) is 25.3 Å². The van der Waals surface area contributed by atoms with Crippen molar-refractivity contribution in [2.24, 2.45) is 17.3 Å². The lowest BCUT2D eigenvalue weighted by Crippen LogP contribution is -2.60. The van der Waals surface area contributed by atoms with Crippen LogP contribution in [0.25, 0.3) is 0 Å². The molecule has 8 heteroatoms. The van der Waals surface area contributed by atoms with Crippen molar-refractivity contribution >= 4 is 29.5 Å². The number of esters is 1. The van der Waals surface area contributed by atoms with E-state index in [1.807, 2.05) is 4.90 Å². The van der Waals surface area contributed by atoms with Crippen LogP contribution < -0.4 is 0 Å². The maximum absolute atomic E-state index is 14.6. The Labute approximate surface area is 233 Å². The van der Waals surface area contributed by atoms with Gasteiger partial charge in [0.15, 0.2) is 0 Å². The van der Waals surface area contributed by atoms with Crippen LogP contribution in [-0.2, 0) is 19.1 Å². The number of aliphatic hydroxyl groups is 1. The molecule has 5 atom stereocenters. The second-order valence-corrected chi connectivity index (χ2v) is 14.5. The molecular formula is C30H48N2O5S. The number of amides is 2. The molecule has 3 aliphatic heterocycles. The SMILES string of the molecule is C=CCCCOC(=O)[C@@H]1[C@@H]2CCC3(S2)C(C(=O)N(CC=C)C(C)(C)CC(C)(C)C)N(CCCCO)C(=O)[C@H]13. The van der Waals surface area contributed by atoms with Gasteiger partial charge in [0.05, 0.1) is 23.2 Å². The van der Waals surface area contributed by atoms with E-state index in [9.17, 15) is 19.5 Å². The third-order valence-electron chi connectivity index (χ3n) is 8.18.